The molecule has 2 aromatic heterocycles. The minimum Gasteiger partial charge on any atom is -0.356 e. The fraction of sp³-hybridized carbons (Fsp3) is 0.429. The largest absolute Gasteiger partial charge is 0.356 e. The molecule has 4 rings (SSSR count). The van der Waals surface area contributed by atoms with Gasteiger partial charge in [-0.3, -0.25) is 0 Å². The summed E-state index contributed by atoms with van der Waals surface area (Å²) in [5.74, 6) is 1.28. The zero-order valence-electron chi connectivity index (χ0n) is 17.5. The van der Waals surface area contributed by atoms with Crippen LogP contribution < -0.4 is 4.90 Å². The maximum Gasteiger partial charge on any atom is 0.269 e. The molecule has 0 radical (unpaired) electrons. The van der Waals surface area contributed by atoms with Crippen molar-refractivity contribution in [2.75, 3.05) is 17.7 Å². The van der Waals surface area contributed by atoms with Gasteiger partial charge in [0.15, 0.2) is 16.7 Å². The van der Waals surface area contributed by atoms with Crippen LogP contribution in [0.25, 0.3) is 11.0 Å². The fourth-order valence-corrected chi connectivity index (χ4v) is 6.33. The summed E-state index contributed by atoms with van der Waals surface area (Å²) in [5, 5.41) is 0.680. The van der Waals surface area contributed by atoms with Gasteiger partial charge in [0.25, 0.3) is 10.0 Å². The molecular formula is C21H26N4O4S2. The maximum absolute atomic E-state index is 13.2. The number of hydrogen-bond acceptors (Lipinski definition) is 6. The summed E-state index contributed by atoms with van der Waals surface area (Å²) in [6, 6.07) is 8.72. The lowest BCUT2D eigenvalue weighted by Crippen LogP contribution is -2.36. The van der Waals surface area contributed by atoms with Crippen molar-refractivity contribution in [2.45, 2.75) is 43.5 Å². The Kier molecular flexibility index (Phi) is 6.14. The lowest BCUT2D eigenvalue weighted by molar-refractivity contribution is 0.339. The van der Waals surface area contributed by atoms with Crippen LogP contribution in [0.15, 0.2) is 47.8 Å². The first-order valence-corrected chi connectivity index (χ1v) is 12.9. The summed E-state index contributed by atoms with van der Waals surface area (Å²) in [6.45, 7) is 1.91. The highest BCUT2D eigenvalue weighted by Crippen LogP contribution is 2.33. The topological polar surface area (TPSA) is 105 Å². The van der Waals surface area contributed by atoms with Gasteiger partial charge < -0.3 is 9.45 Å². The van der Waals surface area contributed by atoms with Gasteiger partial charge in [0, 0.05) is 19.3 Å². The third kappa shape index (κ3) is 4.37. The first-order valence-electron chi connectivity index (χ1n) is 10.2. The summed E-state index contributed by atoms with van der Waals surface area (Å²) < 4.78 is 47.8. The third-order valence-corrected chi connectivity index (χ3v) is 8.52. The number of benzene rings is 1. The van der Waals surface area contributed by atoms with Crippen molar-refractivity contribution in [2.24, 2.45) is 5.92 Å². The molecule has 1 unspecified atom stereocenters. The summed E-state index contributed by atoms with van der Waals surface area (Å²) in [7, 11) is -1.81. The Morgan fingerprint density at radius 2 is 1.81 bits per heavy atom. The third-order valence-electron chi connectivity index (χ3n) is 6.08. The van der Waals surface area contributed by atoms with Crippen molar-refractivity contribution in [1.82, 2.24) is 13.9 Å². The molecule has 0 spiro atoms. The monoisotopic (exact) mass is 462 g/mol. The van der Waals surface area contributed by atoms with Crippen LogP contribution in [-0.4, -0.2) is 50.0 Å². The lowest BCUT2D eigenvalue weighted by Gasteiger charge is -2.35. The normalized spacial score (nSPS) is 20.6. The molecular weight excluding hydrogens is 436 g/mol. The number of anilines is 1. The van der Waals surface area contributed by atoms with E-state index >= 15 is 0 Å². The van der Waals surface area contributed by atoms with E-state index in [-0.39, 0.29) is 16.9 Å². The predicted octanol–water partition coefficient (Wildman–Crippen LogP) is 3.19. The summed E-state index contributed by atoms with van der Waals surface area (Å²) in [4.78, 5) is 11.0. The molecule has 1 N–H and O–H groups in total. The van der Waals surface area contributed by atoms with E-state index in [1.807, 2.05) is 14.0 Å². The molecule has 0 saturated heterocycles. The second-order valence-electron chi connectivity index (χ2n) is 8.14. The van der Waals surface area contributed by atoms with Crippen LogP contribution >= 0.6 is 0 Å². The SMILES string of the molecule is Cc1ccc(S(=O)(=O)n2ccc3c(N(C)C4CCC(CS(=O)O)CC4)ncnc32)cc1. The quantitative estimate of drug-likeness (QED) is 0.561. The van der Waals surface area contributed by atoms with Gasteiger partial charge >= 0.3 is 0 Å². The predicted molar refractivity (Wildman–Crippen MR) is 121 cm³/mol. The van der Waals surface area contributed by atoms with E-state index in [4.69, 9.17) is 4.55 Å². The Balaban J connectivity index is 1.62. The van der Waals surface area contributed by atoms with Crippen molar-refractivity contribution in [3.63, 3.8) is 0 Å². The van der Waals surface area contributed by atoms with Gasteiger partial charge in [0.2, 0.25) is 0 Å². The number of aryl methyl sites for hydroxylation is 1. The smallest absolute Gasteiger partial charge is 0.269 e. The standard InChI is InChI=1S/C21H26N4O4S2/c1-15-3-9-18(10-4-15)31(28,29)25-12-11-19-20(22-14-23-21(19)25)24(2)17-7-5-16(6-8-17)13-30(26)27/h3-4,9-12,14,16-17H,5-8,13H2,1-2H3,(H,26,27). The fourth-order valence-electron chi connectivity index (χ4n) is 4.29. The molecule has 1 aromatic carbocycles. The van der Waals surface area contributed by atoms with Crippen LogP contribution in [0.4, 0.5) is 5.82 Å². The first-order chi connectivity index (χ1) is 14.8. The number of rotatable bonds is 6. The second-order valence-corrected chi connectivity index (χ2v) is 10.9. The van der Waals surface area contributed by atoms with E-state index in [2.05, 4.69) is 14.9 Å². The minimum absolute atomic E-state index is 0.212. The second kappa shape index (κ2) is 8.68. The Morgan fingerprint density at radius 1 is 1.13 bits per heavy atom. The summed E-state index contributed by atoms with van der Waals surface area (Å²) in [6.07, 6.45) is 6.49. The Hall–Kier alpha value is -2.30. The molecule has 1 fully saturated rings. The highest BCUT2D eigenvalue weighted by Gasteiger charge is 2.28. The molecule has 1 aliphatic rings. The van der Waals surface area contributed by atoms with E-state index in [1.165, 1.54) is 16.5 Å². The van der Waals surface area contributed by atoms with Gasteiger partial charge in [-0.25, -0.2) is 26.6 Å². The average molecular weight is 463 g/mol. The molecule has 1 saturated carbocycles. The van der Waals surface area contributed by atoms with Crippen LogP contribution in [-0.2, 0) is 21.1 Å². The highest BCUT2D eigenvalue weighted by atomic mass is 32.2. The van der Waals surface area contributed by atoms with Crippen molar-refractivity contribution >= 4 is 38.0 Å². The number of nitrogens with zero attached hydrogens (tertiary/aromatic N) is 4. The van der Waals surface area contributed by atoms with E-state index in [0.717, 1.165) is 31.2 Å². The minimum atomic E-state index is -3.77. The van der Waals surface area contributed by atoms with Crippen molar-refractivity contribution in [3.05, 3.63) is 48.4 Å². The molecule has 0 amide bonds. The molecule has 0 bridgehead atoms. The van der Waals surface area contributed by atoms with Gasteiger partial charge in [0.1, 0.15) is 12.1 Å². The van der Waals surface area contributed by atoms with Gasteiger partial charge in [-0.05, 0) is 56.7 Å². The highest BCUT2D eigenvalue weighted by molar-refractivity contribution is 7.90. The molecule has 3 aromatic rings. The van der Waals surface area contributed by atoms with Crippen molar-refractivity contribution in [1.29, 1.82) is 0 Å². The summed E-state index contributed by atoms with van der Waals surface area (Å²) in [5.41, 5.74) is 1.34. The van der Waals surface area contributed by atoms with Gasteiger partial charge in [-0.2, -0.15) is 0 Å². The number of hydrogen-bond donors (Lipinski definition) is 1. The van der Waals surface area contributed by atoms with Crippen LogP contribution in [0.5, 0.6) is 0 Å². The molecule has 2 heterocycles. The number of aromatic nitrogens is 3. The van der Waals surface area contributed by atoms with Crippen LogP contribution in [0.1, 0.15) is 31.2 Å². The first kappa shape index (κ1) is 21.9. The van der Waals surface area contributed by atoms with Crippen molar-refractivity contribution in [3.8, 4) is 0 Å². The molecule has 8 nitrogen and oxygen atoms in total. The number of fused-ring (bicyclic) bond motifs is 1. The lowest BCUT2D eigenvalue weighted by atomic mass is 9.86. The van der Waals surface area contributed by atoms with E-state index in [0.29, 0.717) is 22.6 Å². The average Bonchev–Trinajstić information content (AvgIpc) is 3.19. The molecule has 0 aliphatic heterocycles. The molecule has 1 atom stereocenters. The van der Waals surface area contributed by atoms with Gasteiger partial charge in [-0.15, -0.1) is 0 Å². The molecule has 31 heavy (non-hydrogen) atoms. The maximum atomic E-state index is 13.2. The van der Waals surface area contributed by atoms with Crippen LogP contribution in [0, 0.1) is 12.8 Å². The van der Waals surface area contributed by atoms with Crippen LogP contribution in [0.3, 0.4) is 0 Å². The van der Waals surface area contributed by atoms with E-state index in [9.17, 15) is 12.6 Å². The zero-order chi connectivity index (χ0) is 22.2. The Morgan fingerprint density at radius 3 is 2.45 bits per heavy atom. The van der Waals surface area contributed by atoms with Gasteiger partial charge in [-0.1, -0.05) is 17.7 Å². The molecule has 1 aliphatic carbocycles. The molecule has 10 heteroatoms. The van der Waals surface area contributed by atoms with E-state index < -0.39 is 21.1 Å². The molecule has 166 valence electrons. The Bertz CT molecular complexity index is 1200. The van der Waals surface area contributed by atoms with Crippen LogP contribution in [0.2, 0.25) is 0 Å². The van der Waals surface area contributed by atoms with Gasteiger partial charge in [0.05, 0.1) is 16.0 Å². The Labute approximate surface area is 184 Å². The van der Waals surface area contributed by atoms with E-state index in [1.54, 1.807) is 30.3 Å². The van der Waals surface area contributed by atoms with Crippen molar-refractivity contribution < 1.29 is 17.2 Å². The summed E-state index contributed by atoms with van der Waals surface area (Å²) >= 11 is -1.76. The zero-order valence-corrected chi connectivity index (χ0v) is 19.1.